The Hall–Kier alpha value is -1.95. The van der Waals surface area contributed by atoms with Crippen molar-refractivity contribution in [3.8, 4) is 5.69 Å². The van der Waals surface area contributed by atoms with E-state index in [4.69, 9.17) is 0 Å². The maximum absolute atomic E-state index is 4.54. The predicted molar refractivity (Wildman–Crippen MR) is 89.1 cm³/mol. The summed E-state index contributed by atoms with van der Waals surface area (Å²) >= 11 is 2.32. The minimum atomic E-state index is 0.947. The van der Waals surface area contributed by atoms with Crippen molar-refractivity contribution in [2.45, 2.75) is 0 Å². The molecule has 0 aliphatic rings. The van der Waals surface area contributed by atoms with E-state index >= 15 is 0 Å². The Bertz CT molecular complexity index is 874. The van der Waals surface area contributed by atoms with Crippen LogP contribution in [0.2, 0.25) is 0 Å². The fourth-order valence-corrected chi connectivity index (χ4v) is 3.06. The molecule has 1 aromatic carbocycles. The van der Waals surface area contributed by atoms with E-state index < -0.39 is 0 Å². The molecule has 0 radical (unpaired) electrons. The lowest BCUT2D eigenvalue weighted by molar-refractivity contribution is 1.10. The van der Waals surface area contributed by atoms with E-state index in [-0.39, 0.29) is 0 Å². The lowest BCUT2D eigenvalue weighted by Crippen LogP contribution is -1.96. The highest BCUT2D eigenvalue weighted by Crippen LogP contribution is 2.29. The van der Waals surface area contributed by atoms with Gasteiger partial charge < -0.3 is 0 Å². The van der Waals surface area contributed by atoms with E-state index in [0.717, 1.165) is 27.8 Å². The standard InChI is InChI=1S/C16H10IN3/c17-11-4-1-5-12(10-11)20-15-13(6-2-8-18-15)14-7-3-9-19-16(14)20/h1-10H. The number of nitrogens with zero attached hydrogens (tertiary/aromatic N) is 3. The summed E-state index contributed by atoms with van der Waals surface area (Å²) in [7, 11) is 0. The molecule has 3 aromatic heterocycles. The minimum Gasteiger partial charge on any atom is -0.278 e. The second-order valence-corrected chi connectivity index (χ2v) is 5.81. The van der Waals surface area contributed by atoms with Crippen LogP contribution in [0.1, 0.15) is 0 Å². The molecule has 0 amide bonds. The molecular weight excluding hydrogens is 361 g/mol. The van der Waals surface area contributed by atoms with Gasteiger partial charge in [0.05, 0.1) is 5.69 Å². The monoisotopic (exact) mass is 371 g/mol. The van der Waals surface area contributed by atoms with Gasteiger partial charge in [-0.05, 0) is 65.1 Å². The van der Waals surface area contributed by atoms with Gasteiger partial charge >= 0.3 is 0 Å². The molecule has 0 N–H and O–H groups in total. The zero-order chi connectivity index (χ0) is 13.5. The van der Waals surface area contributed by atoms with E-state index in [1.54, 1.807) is 0 Å². The average Bonchev–Trinajstić information content (AvgIpc) is 2.82. The highest BCUT2D eigenvalue weighted by Gasteiger charge is 2.13. The Morgan fingerprint density at radius 3 is 2.05 bits per heavy atom. The SMILES string of the molecule is Ic1cccc(-n2c3ncccc3c3cccnc32)c1. The fraction of sp³-hybridized carbons (Fsp3) is 0. The van der Waals surface area contributed by atoms with E-state index in [1.807, 2.05) is 24.5 Å². The Morgan fingerprint density at radius 2 is 1.45 bits per heavy atom. The molecule has 0 saturated carbocycles. The zero-order valence-corrected chi connectivity index (χ0v) is 12.7. The Morgan fingerprint density at radius 1 is 0.800 bits per heavy atom. The molecule has 4 heteroatoms. The molecule has 0 spiro atoms. The van der Waals surface area contributed by atoms with Crippen molar-refractivity contribution >= 4 is 44.7 Å². The van der Waals surface area contributed by atoms with Crippen molar-refractivity contribution in [2.24, 2.45) is 0 Å². The second-order valence-electron chi connectivity index (χ2n) is 4.56. The summed E-state index contributed by atoms with van der Waals surface area (Å²) in [5, 5.41) is 2.27. The summed E-state index contributed by atoms with van der Waals surface area (Å²) in [5.41, 5.74) is 2.99. The third-order valence-electron chi connectivity index (χ3n) is 3.35. The van der Waals surface area contributed by atoms with Gasteiger partial charge in [0.1, 0.15) is 11.3 Å². The topological polar surface area (TPSA) is 30.7 Å². The van der Waals surface area contributed by atoms with Crippen LogP contribution in [0.5, 0.6) is 0 Å². The number of hydrogen-bond donors (Lipinski definition) is 0. The minimum absolute atomic E-state index is 0.947. The Kier molecular flexibility index (Phi) is 2.70. The first kappa shape index (κ1) is 11.8. The van der Waals surface area contributed by atoms with Gasteiger partial charge in [-0.2, -0.15) is 0 Å². The molecule has 0 unspecified atom stereocenters. The molecule has 20 heavy (non-hydrogen) atoms. The van der Waals surface area contributed by atoms with Gasteiger partial charge in [0.25, 0.3) is 0 Å². The van der Waals surface area contributed by atoms with Crippen LogP contribution < -0.4 is 0 Å². The van der Waals surface area contributed by atoms with Gasteiger partial charge in [0, 0.05) is 26.7 Å². The van der Waals surface area contributed by atoms with Gasteiger partial charge in [0.2, 0.25) is 0 Å². The third-order valence-corrected chi connectivity index (χ3v) is 4.02. The van der Waals surface area contributed by atoms with E-state index in [9.17, 15) is 0 Å². The first-order valence-corrected chi connectivity index (χ1v) is 7.38. The molecule has 3 heterocycles. The predicted octanol–water partition coefficient (Wildman–Crippen LogP) is 4.18. The molecular formula is C16H10IN3. The molecule has 0 atom stereocenters. The van der Waals surface area contributed by atoms with Crippen LogP contribution in [-0.2, 0) is 0 Å². The number of hydrogen-bond acceptors (Lipinski definition) is 2. The molecule has 3 nitrogen and oxygen atoms in total. The molecule has 0 aliphatic carbocycles. The maximum atomic E-state index is 4.54. The lowest BCUT2D eigenvalue weighted by Gasteiger charge is -2.06. The number of halogens is 1. The smallest absolute Gasteiger partial charge is 0.146 e. The quantitative estimate of drug-likeness (QED) is 0.470. The van der Waals surface area contributed by atoms with Crippen LogP contribution in [0, 0.1) is 3.57 Å². The molecule has 96 valence electrons. The lowest BCUT2D eigenvalue weighted by atomic mass is 10.2. The van der Waals surface area contributed by atoms with E-state index in [0.29, 0.717) is 0 Å². The van der Waals surface area contributed by atoms with Gasteiger partial charge in [-0.25, -0.2) is 9.97 Å². The summed E-state index contributed by atoms with van der Waals surface area (Å²) in [6.45, 7) is 0. The van der Waals surface area contributed by atoms with Crippen molar-refractivity contribution in [3.63, 3.8) is 0 Å². The zero-order valence-electron chi connectivity index (χ0n) is 10.5. The average molecular weight is 371 g/mol. The third kappa shape index (κ3) is 1.71. The molecule has 4 rings (SSSR count). The van der Waals surface area contributed by atoms with Gasteiger partial charge in [-0.3, -0.25) is 4.57 Å². The van der Waals surface area contributed by atoms with Crippen LogP contribution in [-0.4, -0.2) is 14.5 Å². The van der Waals surface area contributed by atoms with E-state index in [2.05, 4.69) is 73.5 Å². The van der Waals surface area contributed by atoms with Crippen LogP contribution in [0.25, 0.3) is 27.8 Å². The summed E-state index contributed by atoms with van der Waals surface area (Å²) in [6.07, 6.45) is 3.65. The molecule has 4 aromatic rings. The number of aromatic nitrogens is 3. The summed E-state index contributed by atoms with van der Waals surface area (Å²) < 4.78 is 3.31. The van der Waals surface area contributed by atoms with Gasteiger partial charge in [-0.1, -0.05) is 6.07 Å². The molecule has 0 fully saturated rings. The van der Waals surface area contributed by atoms with Crippen molar-refractivity contribution in [2.75, 3.05) is 0 Å². The van der Waals surface area contributed by atoms with Crippen molar-refractivity contribution in [3.05, 3.63) is 64.5 Å². The Balaban J connectivity index is 2.21. The molecule has 0 aliphatic heterocycles. The van der Waals surface area contributed by atoms with Gasteiger partial charge in [-0.15, -0.1) is 0 Å². The first-order valence-electron chi connectivity index (χ1n) is 6.31. The summed E-state index contributed by atoms with van der Waals surface area (Å²) in [5.74, 6) is 0. The van der Waals surface area contributed by atoms with Crippen molar-refractivity contribution < 1.29 is 0 Å². The van der Waals surface area contributed by atoms with Crippen molar-refractivity contribution in [1.29, 1.82) is 0 Å². The Labute approximate surface area is 129 Å². The maximum Gasteiger partial charge on any atom is 0.146 e. The van der Waals surface area contributed by atoms with Crippen LogP contribution >= 0.6 is 22.6 Å². The largest absolute Gasteiger partial charge is 0.278 e. The summed E-state index contributed by atoms with van der Waals surface area (Å²) in [4.78, 5) is 9.09. The second kappa shape index (κ2) is 4.56. The first-order chi connectivity index (χ1) is 9.84. The fourth-order valence-electron chi connectivity index (χ4n) is 2.53. The molecule has 0 bridgehead atoms. The number of benzene rings is 1. The number of pyridine rings is 2. The highest BCUT2D eigenvalue weighted by molar-refractivity contribution is 14.1. The van der Waals surface area contributed by atoms with Crippen LogP contribution in [0.15, 0.2) is 60.9 Å². The summed E-state index contributed by atoms with van der Waals surface area (Å²) in [6, 6.07) is 16.5. The van der Waals surface area contributed by atoms with Crippen LogP contribution in [0.4, 0.5) is 0 Å². The number of rotatable bonds is 1. The van der Waals surface area contributed by atoms with Crippen molar-refractivity contribution in [1.82, 2.24) is 14.5 Å². The molecule has 0 saturated heterocycles. The normalized spacial score (nSPS) is 11.2. The van der Waals surface area contributed by atoms with Gasteiger partial charge in [0.15, 0.2) is 0 Å². The highest BCUT2D eigenvalue weighted by atomic mass is 127. The number of fused-ring (bicyclic) bond motifs is 3. The van der Waals surface area contributed by atoms with Crippen LogP contribution in [0.3, 0.4) is 0 Å². The van der Waals surface area contributed by atoms with E-state index in [1.165, 1.54) is 3.57 Å².